The van der Waals surface area contributed by atoms with Gasteiger partial charge in [0.05, 0.1) is 7.11 Å². The fraction of sp³-hybridized carbons (Fsp3) is 0.700. The zero-order valence-electron chi connectivity index (χ0n) is 15.6. The predicted molar refractivity (Wildman–Crippen MR) is 99.5 cm³/mol. The molecule has 0 spiro atoms. The summed E-state index contributed by atoms with van der Waals surface area (Å²) in [5.41, 5.74) is 2.76. The van der Waals surface area contributed by atoms with E-state index in [1.807, 2.05) is 0 Å². The first-order valence-corrected chi connectivity index (χ1v) is 9.46. The van der Waals surface area contributed by atoms with Crippen molar-refractivity contribution >= 4 is 0 Å². The van der Waals surface area contributed by atoms with Gasteiger partial charge in [0.2, 0.25) is 0 Å². The number of ether oxygens (including phenoxy) is 1. The highest BCUT2D eigenvalue weighted by Gasteiger charge is 2.20. The molecule has 0 bridgehead atoms. The lowest BCUT2D eigenvalue weighted by Gasteiger charge is -2.28. The third kappa shape index (κ3) is 4.50. The molecule has 4 heteroatoms. The monoisotopic (exact) mass is 331 g/mol. The van der Waals surface area contributed by atoms with E-state index in [2.05, 4.69) is 46.9 Å². The van der Waals surface area contributed by atoms with Crippen molar-refractivity contribution in [2.24, 2.45) is 0 Å². The minimum absolute atomic E-state index is 0.613. The summed E-state index contributed by atoms with van der Waals surface area (Å²) in [5, 5.41) is 0. The third-order valence-electron chi connectivity index (χ3n) is 5.51. The molecule has 0 radical (unpaired) electrons. The van der Waals surface area contributed by atoms with Gasteiger partial charge >= 0.3 is 0 Å². The summed E-state index contributed by atoms with van der Waals surface area (Å²) in [6.07, 6.45) is 3.93. The molecule has 2 heterocycles. The first-order valence-electron chi connectivity index (χ1n) is 9.46. The molecule has 1 aromatic rings. The van der Waals surface area contributed by atoms with Gasteiger partial charge in [-0.25, -0.2) is 0 Å². The molecule has 1 aromatic carbocycles. The van der Waals surface area contributed by atoms with E-state index in [9.17, 15) is 0 Å². The van der Waals surface area contributed by atoms with Crippen molar-refractivity contribution in [3.63, 3.8) is 0 Å². The summed E-state index contributed by atoms with van der Waals surface area (Å²) in [4.78, 5) is 7.63. The number of hydrogen-bond donors (Lipinski definition) is 0. The fourth-order valence-corrected chi connectivity index (χ4v) is 4.13. The normalized spacial score (nSPS) is 24.2. The minimum Gasteiger partial charge on any atom is -0.496 e. The zero-order chi connectivity index (χ0) is 16.9. The molecule has 0 aliphatic carbocycles. The van der Waals surface area contributed by atoms with Crippen LogP contribution in [0.3, 0.4) is 0 Å². The van der Waals surface area contributed by atoms with Crippen LogP contribution in [0.25, 0.3) is 0 Å². The van der Waals surface area contributed by atoms with E-state index >= 15 is 0 Å². The Balaban J connectivity index is 1.70. The Kier molecular flexibility index (Phi) is 6.14. The Bertz CT molecular complexity index is 528. The molecule has 0 aromatic heterocycles. The van der Waals surface area contributed by atoms with Gasteiger partial charge in [0, 0.05) is 37.8 Å². The number of likely N-dealkylation sites (N-methyl/N-ethyl adjacent to an activating group) is 1. The van der Waals surface area contributed by atoms with Gasteiger partial charge in [-0.3, -0.25) is 9.80 Å². The van der Waals surface area contributed by atoms with Crippen molar-refractivity contribution in [3.8, 4) is 5.75 Å². The largest absolute Gasteiger partial charge is 0.496 e. The highest BCUT2D eigenvalue weighted by Crippen LogP contribution is 2.25. The third-order valence-corrected chi connectivity index (χ3v) is 5.51. The van der Waals surface area contributed by atoms with Crippen molar-refractivity contribution in [2.75, 3.05) is 46.9 Å². The first-order chi connectivity index (χ1) is 11.7. The standard InChI is InChI=1S/C20H33N3O/c1-17-14-21(2)9-6-12-23(17)15-18-7-8-20(24-3)19(13-18)16-22-10-4-5-11-22/h7-8,13,17H,4-6,9-12,14-16H2,1-3H3/t17-/m0/s1. The smallest absolute Gasteiger partial charge is 0.123 e. The van der Waals surface area contributed by atoms with Gasteiger partial charge in [0.25, 0.3) is 0 Å². The Hall–Kier alpha value is -1.10. The molecule has 0 N–H and O–H groups in total. The average Bonchev–Trinajstić information content (AvgIpc) is 3.01. The molecule has 0 saturated carbocycles. The van der Waals surface area contributed by atoms with E-state index < -0.39 is 0 Å². The van der Waals surface area contributed by atoms with Crippen LogP contribution < -0.4 is 4.74 Å². The lowest BCUT2D eigenvalue weighted by Crippen LogP contribution is -2.37. The molecule has 134 valence electrons. The van der Waals surface area contributed by atoms with Crippen molar-refractivity contribution in [2.45, 2.75) is 45.3 Å². The summed E-state index contributed by atoms with van der Waals surface area (Å²) >= 11 is 0. The van der Waals surface area contributed by atoms with Gasteiger partial charge < -0.3 is 9.64 Å². The molecule has 3 rings (SSSR count). The summed E-state index contributed by atoms with van der Waals surface area (Å²) in [5.74, 6) is 1.04. The molecular weight excluding hydrogens is 298 g/mol. The molecule has 24 heavy (non-hydrogen) atoms. The molecule has 2 aliphatic heterocycles. The van der Waals surface area contributed by atoms with Crippen LogP contribution in [0.5, 0.6) is 5.75 Å². The Morgan fingerprint density at radius 2 is 1.83 bits per heavy atom. The van der Waals surface area contributed by atoms with Crippen LogP contribution in [-0.2, 0) is 13.1 Å². The molecule has 2 aliphatic rings. The summed E-state index contributed by atoms with van der Waals surface area (Å²) in [7, 11) is 4.02. The van der Waals surface area contributed by atoms with Crippen LogP contribution in [0.4, 0.5) is 0 Å². The quantitative estimate of drug-likeness (QED) is 0.826. The second kappa shape index (κ2) is 8.32. The highest BCUT2D eigenvalue weighted by molar-refractivity contribution is 5.37. The average molecular weight is 332 g/mol. The van der Waals surface area contributed by atoms with Gasteiger partial charge in [0.15, 0.2) is 0 Å². The molecule has 0 amide bonds. The van der Waals surface area contributed by atoms with Gasteiger partial charge in [-0.2, -0.15) is 0 Å². The maximum atomic E-state index is 5.61. The topological polar surface area (TPSA) is 19.0 Å². The van der Waals surface area contributed by atoms with Crippen LogP contribution in [0.15, 0.2) is 18.2 Å². The molecule has 2 fully saturated rings. The maximum Gasteiger partial charge on any atom is 0.123 e. The van der Waals surface area contributed by atoms with Crippen molar-refractivity contribution in [1.82, 2.24) is 14.7 Å². The molecule has 1 atom stereocenters. The molecular formula is C20H33N3O. The number of hydrogen-bond acceptors (Lipinski definition) is 4. The number of rotatable bonds is 5. The van der Waals surface area contributed by atoms with E-state index in [4.69, 9.17) is 4.74 Å². The number of likely N-dealkylation sites (tertiary alicyclic amines) is 1. The Labute approximate surface area is 147 Å². The van der Waals surface area contributed by atoms with E-state index in [-0.39, 0.29) is 0 Å². The summed E-state index contributed by atoms with van der Waals surface area (Å²) in [6.45, 7) is 10.4. The number of methoxy groups -OCH3 is 1. The van der Waals surface area contributed by atoms with Gasteiger partial charge in [0.1, 0.15) is 5.75 Å². The number of benzene rings is 1. The van der Waals surface area contributed by atoms with Gasteiger partial charge in [-0.05, 0) is 70.6 Å². The molecule has 4 nitrogen and oxygen atoms in total. The second-order valence-electron chi connectivity index (χ2n) is 7.56. The first kappa shape index (κ1) is 17.7. The Morgan fingerprint density at radius 1 is 1.04 bits per heavy atom. The predicted octanol–water partition coefficient (Wildman–Crippen LogP) is 2.82. The van der Waals surface area contributed by atoms with Crippen LogP contribution in [-0.4, -0.2) is 67.6 Å². The van der Waals surface area contributed by atoms with Crippen molar-refractivity contribution in [3.05, 3.63) is 29.3 Å². The van der Waals surface area contributed by atoms with Gasteiger partial charge in [-0.1, -0.05) is 6.07 Å². The lowest BCUT2D eigenvalue weighted by atomic mass is 10.1. The summed E-state index contributed by atoms with van der Waals surface area (Å²) < 4.78 is 5.61. The van der Waals surface area contributed by atoms with Crippen LogP contribution in [0.1, 0.15) is 37.3 Å². The van der Waals surface area contributed by atoms with E-state index in [0.717, 1.165) is 25.4 Å². The van der Waals surface area contributed by atoms with Gasteiger partial charge in [-0.15, -0.1) is 0 Å². The Morgan fingerprint density at radius 3 is 2.58 bits per heavy atom. The van der Waals surface area contributed by atoms with Crippen LogP contribution in [0.2, 0.25) is 0 Å². The molecule has 0 unspecified atom stereocenters. The van der Waals surface area contributed by atoms with E-state index in [0.29, 0.717) is 6.04 Å². The SMILES string of the molecule is COc1ccc(CN2CCCN(C)C[C@@H]2C)cc1CN1CCCC1. The van der Waals surface area contributed by atoms with Crippen molar-refractivity contribution < 1.29 is 4.74 Å². The zero-order valence-corrected chi connectivity index (χ0v) is 15.6. The van der Waals surface area contributed by atoms with E-state index in [1.54, 1.807) is 7.11 Å². The van der Waals surface area contributed by atoms with Crippen molar-refractivity contribution in [1.29, 1.82) is 0 Å². The van der Waals surface area contributed by atoms with Crippen LogP contribution in [0, 0.1) is 0 Å². The second-order valence-corrected chi connectivity index (χ2v) is 7.56. The minimum atomic E-state index is 0.613. The summed E-state index contributed by atoms with van der Waals surface area (Å²) in [6, 6.07) is 7.39. The van der Waals surface area contributed by atoms with E-state index in [1.165, 1.54) is 56.6 Å². The maximum absolute atomic E-state index is 5.61. The fourth-order valence-electron chi connectivity index (χ4n) is 4.13. The molecule has 2 saturated heterocycles. The lowest BCUT2D eigenvalue weighted by molar-refractivity contribution is 0.194. The van der Waals surface area contributed by atoms with Crippen LogP contribution >= 0.6 is 0 Å². The highest BCUT2D eigenvalue weighted by atomic mass is 16.5. The number of nitrogens with zero attached hydrogens (tertiary/aromatic N) is 3.